The van der Waals surface area contributed by atoms with Crippen molar-refractivity contribution >= 4 is 28.6 Å². The molecule has 1 amide bonds. The fraction of sp³-hybridized carbons (Fsp3) is 0.357. The first kappa shape index (κ1) is 13.6. The second-order valence-corrected chi connectivity index (χ2v) is 5.07. The molecule has 1 aliphatic heterocycles. The number of imidazole rings is 1. The Hall–Kier alpha value is -2.41. The highest BCUT2D eigenvalue weighted by molar-refractivity contribution is 5.96. The molecule has 110 valence electrons. The number of benzene rings is 1. The Labute approximate surface area is 120 Å². The lowest BCUT2D eigenvalue weighted by atomic mass is 10.2. The molecule has 2 heterocycles. The summed E-state index contributed by atoms with van der Waals surface area (Å²) in [5.41, 5.74) is 2.29. The number of carbonyl (C=O) groups excluding carboxylic acids is 1. The van der Waals surface area contributed by atoms with Crippen LogP contribution in [0.5, 0.6) is 0 Å². The molecule has 0 unspecified atom stereocenters. The van der Waals surface area contributed by atoms with Gasteiger partial charge in [0.1, 0.15) is 11.9 Å². The molecule has 2 atom stereocenters. The molecule has 7 heteroatoms. The topological polar surface area (TPSA) is 104 Å². The molecule has 0 spiro atoms. The lowest BCUT2D eigenvalue weighted by molar-refractivity contribution is -0.150. The van der Waals surface area contributed by atoms with Crippen molar-refractivity contribution in [1.82, 2.24) is 9.97 Å². The second kappa shape index (κ2) is 5.17. The van der Waals surface area contributed by atoms with Gasteiger partial charge in [-0.2, -0.15) is 0 Å². The van der Waals surface area contributed by atoms with E-state index in [0.717, 1.165) is 16.9 Å². The van der Waals surface area contributed by atoms with Gasteiger partial charge in [-0.1, -0.05) is 0 Å². The smallest absolute Gasteiger partial charge is 0.332 e. The first-order valence-electron chi connectivity index (χ1n) is 6.68. The van der Waals surface area contributed by atoms with Gasteiger partial charge in [-0.15, -0.1) is 0 Å². The molecule has 0 saturated carbocycles. The number of H-pyrrole nitrogens is 1. The first-order chi connectivity index (χ1) is 10.0. The van der Waals surface area contributed by atoms with Crippen molar-refractivity contribution in [1.29, 1.82) is 0 Å². The number of aromatic nitrogens is 2. The van der Waals surface area contributed by atoms with Gasteiger partial charge in [0.25, 0.3) is 5.91 Å². The molecule has 1 aliphatic rings. The van der Waals surface area contributed by atoms with Gasteiger partial charge >= 0.3 is 5.97 Å². The molecule has 1 aromatic carbocycles. The van der Waals surface area contributed by atoms with Crippen LogP contribution in [0, 0.1) is 6.92 Å². The van der Waals surface area contributed by atoms with Crippen LogP contribution in [-0.4, -0.2) is 39.2 Å². The zero-order chi connectivity index (χ0) is 15.0. The minimum atomic E-state index is -1.03. The highest BCUT2D eigenvalue weighted by atomic mass is 16.5. The van der Waals surface area contributed by atoms with E-state index in [1.807, 2.05) is 13.0 Å². The van der Waals surface area contributed by atoms with Crippen molar-refractivity contribution in [3.8, 4) is 0 Å². The monoisotopic (exact) mass is 289 g/mol. The number of rotatable bonds is 3. The lowest BCUT2D eigenvalue weighted by Crippen LogP contribution is -2.29. The molecular formula is C14H15N3O4. The number of fused-ring (bicyclic) bond motifs is 1. The fourth-order valence-corrected chi connectivity index (χ4v) is 2.45. The molecule has 2 aromatic rings. The molecule has 1 fully saturated rings. The van der Waals surface area contributed by atoms with Gasteiger partial charge in [0.2, 0.25) is 0 Å². The van der Waals surface area contributed by atoms with E-state index >= 15 is 0 Å². The maximum atomic E-state index is 12.1. The van der Waals surface area contributed by atoms with Crippen LogP contribution in [0.15, 0.2) is 18.2 Å². The number of ether oxygens (including phenoxy) is 1. The first-order valence-corrected chi connectivity index (χ1v) is 6.68. The molecule has 21 heavy (non-hydrogen) atoms. The van der Waals surface area contributed by atoms with Crippen molar-refractivity contribution in [3.05, 3.63) is 24.0 Å². The number of amides is 1. The third-order valence-electron chi connectivity index (χ3n) is 3.46. The van der Waals surface area contributed by atoms with Crippen LogP contribution in [0.2, 0.25) is 0 Å². The lowest BCUT2D eigenvalue weighted by Gasteiger charge is -2.11. The Morgan fingerprint density at radius 1 is 1.38 bits per heavy atom. The van der Waals surface area contributed by atoms with E-state index in [2.05, 4.69) is 15.3 Å². The number of nitrogens with zero attached hydrogens (tertiary/aromatic N) is 1. The van der Waals surface area contributed by atoms with Gasteiger partial charge < -0.3 is 20.1 Å². The van der Waals surface area contributed by atoms with E-state index in [1.54, 1.807) is 12.1 Å². The summed E-state index contributed by atoms with van der Waals surface area (Å²) < 4.78 is 5.22. The Kier molecular flexibility index (Phi) is 3.34. The summed E-state index contributed by atoms with van der Waals surface area (Å²) in [5, 5.41) is 11.6. The molecule has 3 N–H and O–H groups in total. The average Bonchev–Trinajstić information content (AvgIpc) is 3.03. The van der Waals surface area contributed by atoms with E-state index in [4.69, 9.17) is 9.84 Å². The van der Waals surface area contributed by atoms with Gasteiger partial charge in [-0.3, -0.25) is 4.79 Å². The van der Waals surface area contributed by atoms with E-state index in [9.17, 15) is 9.59 Å². The van der Waals surface area contributed by atoms with E-state index < -0.39 is 18.2 Å². The van der Waals surface area contributed by atoms with Crippen LogP contribution in [0.3, 0.4) is 0 Å². The predicted molar refractivity (Wildman–Crippen MR) is 75.0 cm³/mol. The highest BCUT2D eigenvalue weighted by Crippen LogP contribution is 2.22. The van der Waals surface area contributed by atoms with Crippen molar-refractivity contribution in [3.63, 3.8) is 0 Å². The Balaban J connectivity index is 1.70. The Morgan fingerprint density at radius 2 is 2.14 bits per heavy atom. The summed E-state index contributed by atoms with van der Waals surface area (Å²) >= 11 is 0. The summed E-state index contributed by atoms with van der Waals surface area (Å²) in [5.74, 6) is -0.550. The summed E-state index contributed by atoms with van der Waals surface area (Å²) in [6.45, 7) is 1.86. The number of carboxylic acid groups (broad SMARTS) is 1. The number of anilines is 1. The van der Waals surface area contributed by atoms with Gasteiger partial charge in [0.05, 0.1) is 11.0 Å². The number of aliphatic carboxylic acids is 1. The predicted octanol–water partition coefficient (Wildman–Crippen LogP) is 1.44. The SMILES string of the molecule is Cc1nc2ccc(NC(=O)[C@@H]3CC[C@H](C(=O)O)O3)cc2[nH]1. The third-order valence-corrected chi connectivity index (χ3v) is 3.46. The zero-order valence-electron chi connectivity index (χ0n) is 11.4. The van der Waals surface area contributed by atoms with Gasteiger partial charge in [0, 0.05) is 5.69 Å². The molecule has 7 nitrogen and oxygen atoms in total. The van der Waals surface area contributed by atoms with E-state index in [0.29, 0.717) is 18.5 Å². The van der Waals surface area contributed by atoms with E-state index in [-0.39, 0.29) is 5.91 Å². The molecule has 0 radical (unpaired) electrons. The van der Waals surface area contributed by atoms with Gasteiger partial charge in [-0.05, 0) is 38.0 Å². The average molecular weight is 289 g/mol. The maximum Gasteiger partial charge on any atom is 0.332 e. The van der Waals surface area contributed by atoms with Crippen LogP contribution in [0.25, 0.3) is 11.0 Å². The molecule has 0 aliphatic carbocycles. The van der Waals surface area contributed by atoms with Crippen molar-refractivity contribution in [2.75, 3.05) is 5.32 Å². The van der Waals surface area contributed by atoms with Gasteiger partial charge in [-0.25, -0.2) is 9.78 Å². The number of nitrogens with one attached hydrogen (secondary N) is 2. The number of hydrogen-bond acceptors (Lipinski definition) is 4. The van der Waals surface area contributed by atoms with Crippen LogP contribution < -0.4 is 5.32 Å². The number of hydrogen-bond donors (Lipinski definition) is 3. The largest absolute Gasteiger partial charge is 0.479 e. The Morgan fingerprint density at radius 3 is 2.86 bits per heavy atom. The standard InChI is InChI=1S/C14H15N3O4/c1-7-15-9-3-2-8(6-10(9)16-7)17-13(18)11-4-5-12(21-11)14(19)20/h2-3,6,11-12H,4-5H2,1H3,(H,15,16)(H,17,18)(H,19,20)/t11-,12+/m0/s1. The summed E-state index contributed by atoms with van der Waals surface area (Å²) in [4.78, 5) is 30.3. The minimum Gasteiger partial charge on any atom is -0.479 e. The van der Waals surface area contributed by atoms with Crippen molar-refractivity contribution < 1.29 is 19.4 Å². The zero-order valence-corrected chi connectivity index (χ0v) is 11.4. The fourth-order valence-electron chi connectivity index (χ4n) is 2.45. The van der Waals surface area contributed by atoms with Gasteiger partial charge in [0.15, 0.2) is 6.10 Å². The molecule has 1 saturated heterocycles. The van der Waals surface area contributed by atoms with Crippen molar-refractivity contribution in [2.24, 2.45) is 0 Å². The highest BCUT2D eigenvalue weighted by Gasteiger charge is 2.34. The summed E-state index contributed by atoms with van der Waals surface area (Å²) in [6, 6.07) is 5.35. The number of carbonyl (C=O) groups is 2. The quantitative estimate of drug-likeness (QED) is 0.793. The molecule has 0 bridgehead atoms. The Bertz CT molecular complexity index is 709. The minimum absolute atomic E-state index is 0.325. The van der Waals surface area contributed by atoms with Crippen molar-refractivity contribution in [2.45, 2.75) is 32.0 Å². The van der Waals surface area contributed by atoms with Crippen LogP contribution >= 0.6 is 0 Å². The number of aromatic amines is 1. The van der Waals surface area contributed by atoms with Crippen LogP contribution in [-0.2, 0) is 14.3 Å². The van der Waals surface area contributed by atoms with E-state index in [1.165, 1.54) is 0 Å². The molecular weight excluding hydrogens is 274 g/mol. The number of aryl methyl sites for hydroxylation is 1. The van der Waals surface area contributed by atoms with Crippen LogP contribution in [0.1, 0.15) is 18.7 Å². The molecule has 1 aromatic heterocycles. The third kappa shape index (κ3) is 2.73. The summed E-state index contributed by atoms with van der Waals surface area (Å²) in [7, 11) is 0. The summed E-state index contributed by atoms with van der Waals surface area (Å²) in [6.07, 6.45) is -0.843. The normalized spacial score (nSPS) is 21.6. The maximum absolute atomic E-state index is 12.1. The molecule has 3 rings (SSSR count). The second-order valence-electron chi connectivity index (χ2n) is 5.07. The number of carboxylic acids is 1. The van der Waals surface area contributed by atoms with Crippen LogP contribution in [0.4, 0.5) is 5.69 Å².